The molecule has 0 saturated carbocycles. The van der Waals surface area contributed by atoms with Crippen LogP contribution in [-0.4, -0.2) is 158 Å². The number of nitrogens with zero attached hydrogens (tertiary/aromatic N) is 14. The number of carbonyl (C=O) groups excluding carboxylic acids is 10. The number of ether oxygens (including phenoxy) is 5. The van der Waals surface area contributed by atoms with Gasteiger partial charge in [0.2, 0.25) is 6.41 Å². The van der Waals surface area contributed by atoms with Crippen molar-refractivity contribution >= 4 is 130 Å². The second kappa shape index (κ2) is 40.8. The fourth-order valence-corrected chi connectivity index (χ4v) is 11.8. The zero-order valence-corrected chi connectivity index (χ0v) is 68.3. The maximum absolute atomic E-state index is 12.1. The van der Waals surface area contributed by atoms with Crippen LogP contribution in [0.25, 0.3) is 9.69 Å². The summed E-state index contributed by atoms with van der Waals surface area (Å²) in [7, 11) is 0. The average molecular weight is 1610 g/mol. The van der Waals surface area contributed by atoms with E-state index in [1.165, 1.54) is 11.1 Å². The maximum atomic E-state index is 12.1. The Labute approximate surface area is 672 Å². The highest BCUT2D eigenvalue weighted by Crippen LogP contribution is 2.36. The van der Waals surface area contributed by atoms with Crippen LogP contribution in [0.3, 0.4) is 0 Å². The average Bonchev–Trinajstić information content (AvgIpc) is 1.65. The van der Waals surface area contributed by atoms with Crippen molar-refractivity contribution in [1.29, 1.82) is 0 Å². The number of halogens is 2. The van der Waals surface area contributed by atoms with Gasteiger partial charge in [0.05, 0.1) is 22.7 Å². The van der Waals surface area contributed by atoms with Crippen LogP contribution in [0, 0.1) is 20.1 Å². The van der Waals surface area contributed by atoms with E-state index in [1.54, 1.807) is 85.9 Å². The van der Waals surface area contributed by atoms with Crippen molar-refractivity contribution in [3.63, 3.8) is 0 Å². The summed E-state index contributed by atoms with van der Waals surface area (Å²) in [6.07, 6.45) is 19.5. The summed E-state index contributed by atoms with van der Waals surface area (Å²) < 4.78 is 26.8. The molecule has 0 aliphatic carbocycles. The normalized spacial score (nSPS) is 13.7. The number of carbonyl (C=O) groups is 6. The Morgan fingerprint density at radius 3 is 1.15 bits per heavy atom. The Hall–Kier alpha value is -12.2. The lowest BCUT2D eigenvalue weighted by molar-refractivity contribution is -0.193. The zero-order valence-electron chi connectivity index (χ0n) is 66.8. The molecule has 0 radical (unpaired) electrons. The molecule has 0 atom stereocenters. The van der Waals surface area contributed by atoms with Crippen molar-refractivity contribution in [2.24, 2.45) is 0 Å². The Morgan fingerprint density at radius 1 is 0.430 bits per heavy atom. The second-order valence-corrected chi connectivity index (χ2v) is 31.5. The van der Waals surface area contributed by atoms with Gasteiger partial charge in [0, 0.05) is 123 Å². The van der Waals surface area contributed by atoms with Crippen LogP contribution in [0.4, 0.5) is 81.2 Å². The number of pyridine rings is 7. The van der Waals surface area contributed by atoms with E-state index in [4.69, 9.17) is 79.2 Å². The molecule has 604 valence electrons. The van der Waals surface area contributed by atoms with Gasteiger partial charge in [0.25, 0.3) is 11.6 Å². The fraction of sp³-hybridized carbons (Fsp3) is 0.438. The minimum atomic E-state index is -0.531. The first-order valence-corrected chi connectivity index (χ1v) is 36.9. The summed E-state index contributed by atoms with van der Waals surface area (Å²) >= 11 is 11.5. The van der Waals surface area contributed by atoms with E-state index in [9.17, 15) is 28.8 Å². The van der Waals surface area contributed by atoms with Gasteiger partial charge >= 0.3 is 42.8 Å². The minimum absolute atomic E-state index is 0.250. The number of rotatable bonds is 2. The van der Waals surface area contributed by atoms with Crippen LogP contribution in [0.15, 0.2) is 92.0 Å². The predicted molar refractivity (Wildman–Crippen MR) is 427 cm³/mol. The third kappa shape index (κ3) is 28.2. The summed E-state index contributed by atoms with van der Waals surface area (Å²) in [6.45, 7) is 48.5. The largest absolute Gasteiger partial charge is 0.443 e. The van der Waals surface area contributed by atoms with Gasteiger partial charge < -0.3 is 49.3 Å². The summed E-state index contributed by atoms with van der Waals surface area (Å²) in [5.74, 6) is 1.19. The molecule has 14 heterocycles. The molecule has 34 heteroatoms. The topological polar surface area (TPSA) is 368 Å². The number of hydrogen-bond donors (Lipinski definition) is 3. The molecule has 0 unspecified atom stereocenters. The molecule has 7 aliphatic rings. The smallest absolute Gasteiger partial charge is 0.414 e. The lowest BCUT2D eigenvalue weighted by Crippen LogP contribution is -2.35. The van der Waals surface area contributed by atoms with E-state index in [0.717, 1.165) is 131 Å². The predicted octanol–water partition coefficient (Wildman–Crippen LogP) is 15.1. The monoisotopic (exact) mass is 1600 g/mol. The van der Waals surface area contributed by atoms with Crippen LogP contribution in [0.2, 0.25) is 10.3 Å². The SMILES string of the molecule is CC(C)(C)OC(=O)N1CCc2cnc(Cl)cc21.CC(C)(C)OC(=O)N1CCc2cnc(NC=O)cc21.CC(C)(C)OC(=O)N1CCc2cnccc21.Cc1cc2c(cn1)CCN2C(=O)OC(C)(C)C.Clc1cc2c(cn1)CCN2.O=C=O.O=C=O.[C-]#[N+]c1cc2c(cn1)CCN2.[C-]#[N+]c1cc2c(cn1)CCN2C(=O)OC(C)(C)C. The molecule has 32 nitrogen and oxygen atoms in total. The number of nitrogens with one attached hydrogen (secondary N) is 3. The van der Waals surface area contributed by atoms with Gasteiger partial charge in [-0.1, -0.05) is 36.3 Å². The van der Waals surface area contributed by atoms with Crippen LogP contribution in [0.5, 0.6) is 0 Å². The van der Waals surface area contributed by atoms with Crippen molar-refractivity contribution in [2.75, 3.05) is 86.3 Å². The number of amides is 6. The van der Waals surface area contributed by atoms with E-state index in [-0.39, 0.29) is 42.8 Å². The van der Waals surface area contributed by atoms with E-state index in [2.05, 4.69) is 60.5 Å². The van der Waals surface area contributed by atoms with Crippen LogP contribution in [0.1, 0.15) is 148 Å². The standard InChI is InChI=1S/C13H17N3O3.C13H15N3O2.C13H18N2O2.C12H15ClN2O2.C12H16N2O2.C8H7N3.C7H7ClN2.2CO2/c1-13(2,3)19-12(18)16-5-4-9-7-14-11(15-8-17)6-10(9)16;1-13(2,3)18-12(17)16-6-5-9-8-15-11(14-4)7-10(9)16;1-9-7-11-10(8-14-9)5-6-15(11)12(16)17-13(2,3)4;1-12(2,3)17-11(16)15-5-4-8-7-14-10(13)6-9(8)15;1-12(2,3)16-11(15)14-7-5-9-8-13-6-4-10(9)14;1-9-8-4-7-6(5-11-8)2-3-10-7;8-7-3-6-5(4-10-7)1-2-9-6;2*2-1-3/h6-8H,4-5H2,1-3H3,(H,14,15,17);7-8H,5-6H2,1-3H3;7-8H,5-6H2,1-4H3;6-7H,4-5H2,1-3H3;4,6,8H,5,7H2,1-3H3;4-5,10H,2-3H2;3-4,9H,1-2H2;;. The molecule has 0 spiro atoms. The molecule has 0 fully saturated rings. The lowest BCUT2D eigenvalue weighted by Gasteiger charge is -2.24. The molecule has 7 aromatic rings. The van der Waals surface area contributed by atoms with Gasteiger partial charge in [-0.2, -0.15) is 19.2 Å². The first kappa shape index (κ1) is 90.7. The zero-order chi connectivity index (χ0) is 84.5. The van der Waals surface area contributed by atoms with E-state index in [1.807, 2.05) is 141 Å². The summed E-state index contributed by atoms with van der Waals surface area (Å²) in [4.78, 5) is 146. The van der Waals surface area contributed by atoms with Crippen molar-refractivity contribution in [1.82, 2.24) is 34.9 Å². The molecule has 7 aliphatic heterocycles. The lowest BCUT2D eigenvalue weighted by atomic mass is 10.2. The molecule has 7 aromatic heterocycles. The third-order valence-electron chi connectivity index (χ3n) is 16.1. The third-order valence-corrected chi connectivity index (χ3v) is 16.6. The Bertz CT molecular complexity index is 4640. The highest BCUT2D eigenvalue weighted by molar-refractivity contribution is 6.30. The highest BCUT2D eigenvalue weighted by Gasteiger charge is 2.35. The van der Waals surface area contributed by atoms with Crippen LogP contribution >= 0.6 is 23.2 Å². The van der Waals surface area contributed by atoms with Gasteiger partial charge in [0.15, 0.2) is 0 Å². The van der Waals surface area contributed by atoms with Crippen molar-refractivity contribution in [3.05, 3.63) is 170 Å². The molecule has 0 aromatic carbocycles. The minimum Gasteiger partial charge on any atom is -0.443 e. The van der Waals surface area contributed by atoms with Crippen LogP contribution < -0.4 is 40.4 Å². The number of aryl methyl sites for hydroxylation is 1. The van der Waals surface area contributed by atoms with E-state index < -0.39 is 28.0 Å². The van der Waals surface area contributed by atoms with Gasteiger partial charge in [-0.15, -0.1) is 9.97 Å². The van der Waals surface area contributed by atoms with Crippen LogP contribution in [-0.2, 0) is 92.6 Å². The van der Waals surface area contributed by atoms with Crippen molar-refractivity contribution in [2.45, 2.75) is 184 Å². The number of anilines is 8. The number of aromatic nitrogens is 7. The Kier molecular flexibility index (Phi) is 32.5. The molecule has 0 saturated heterocycles. The highest BCUT2D eigenvalue weighted by atomic mass is 35.5. The van der Waals surface area contributed by atoms with Crippen molar-refractivity contribution < 1.29 is 71.6 Å². The second-order valence-electron chi connectivity index (χ2n) is 30.7. The first-order chi connectivity index (χ1) is 53.6. The Morgan fingerprint density at radius 2 is 0.746 bits per heavy atom. The van der Waals surface area contributed by atoms with Gasteiger partial charge in [-0.25, -0.2) is 38.9 Å². The molecule has 0 bridgehead atoms. The Balaban J connectivity index is 0.000000206. The van der Waals surface area contributed by atoms with Crippen molar-refractivity contribution in [3.8, 4) is 0 Å². The van der Waals surface area contributed by atoms with Gasteiger partial charge in [0.1, 0.15) is 56.5 Å². The van der Waals surface area contributed by atoms with E-state index in [0.29, 0.717) is 66.9 Å². The maximum Gasteiger partial charge on any atom is 0.414 e. The summed E-state index contributed by atoms with van der Waals surface area (Å²) in [5.41, 5.74) is 12.5. The number of fused-ring (bicyclic) bond motifs is 7. The molecular weight excluding hydrogens is 1510 g/mol. The summed E-state index contributed by atoms with van der Waals surface area (Å²) in [6, 6.07) is 12.5. The molecule has 14 rings (SSSR count). The van der Waals surface area contributed by atoms with Gasteiger partial charge in [-0.05, 0) is 220 Å². The van der Waals surface area contributed by atoms with E-state index >= 15 is 0 Å². The fourth-order valence-electron chi connectivity index (χ4n) is 11.5. The quantitative estimate of drug-likeness (QED) is 0.0626. The first-order valence-electron chi connectivity index (χ1n) is 36.2. The molecule has 6 amide bonds. The molecular formula is C80H95Cl2N17O15. The molecule has 3 N–H and O–H groups in total. The van der Waals surface area contributed by atoms with Gasteiger partial charge in [-0.3, -0.25) is 39.3 Å². The summed E-state index contributed by atoms with van der Waals surface area (Å²) in [5, 5.41) is 9.83. The number of hydrogen-bond acceptors (Lipinski definition) is 24. The molecule has 114 heavy (non-hydrogen) atoms.